The van der Waals surface area contributed by atoms with Crippen LogP contribution in [0.4, 0.5) is 0 Å². The fourth-order valence-electron chi connectivity index (χ4n) is 2.43. The minimum atomic E-state index is 0.707. The zero-order chi connectivity index (χ0) is 14.5. The second kappa shape index (κ2) is 6.87. The minimum absolute atomic E-state index is 0.707. The Labute approximate surface area is 126 Å². The molecule has 1 aliphatic carbocycles. The Hall–Kier alpha value is -1.65. The molecule has 1 N–H and O–H groups in total. The summed E-state index contributed by atoms with van der Waals surface area (Å²) in [7, 11) is 0. The third-order valence-corrected chi connectivity index (χ3v) is 3.92. The minimum Gasteiger partial charge on any atom is -0.468 e. The molecule has 0 aromatic carbocycles. The van der Waals surface area contributed by atoms with Gasteiger partial charge in [0.1, 0.15) is 5.76 Å². The van der Waals surface area contributed by atoms with Crippen LogP contribution in [0.25, 0.3) is 0 Å². The molecule has 2 aromatic rings. The Kier molecular flexibility index (Phi) is 4.68. The van der Waals surface area contributed by atoms with E-state index in [-0.39, 0.29) is 0 Å². The summed E-state index contributed by atoms with van der Waals surface area (Å²) in [4.78, 5) is 6.79. The van der Waals surface area contributed by atoms with Crippen molar-refractivity contribution < 1.29 is 4.42 Å². The van der Waals surface area contributed by atoms with E-state index in [2.05, 4.69) is 34.3 Å². The summed E-state index contributed by atoms with van der Waals surface area (Å²) >= 11 is 0. The monoisotopic (exact) mass is 285 g/mol. The van der Waals surface area contributed by atoms with Crippen molar-refractivity contribution >= 4 is 0 Å². The lowest BCUT2D eigenvalue weighted by Crippen LogP contribution is -2.24. The van der Waals surface area contributed by atoms with Crippen LogP contribution in [0.3, 0.4) is 0 Å². The van der Waals surface area contributed by atoms with Crippen LogP contribution in [-0.2, 0) is 19.6 Å². The largest absolute Gasteiger partial charge is 0.468 e. The first-order chi connectivity index (χ1) is 10.3. The molecule has 0 amide bonds. The molecule has 2 aromatic heterocycles. The first-order valence-electron chi connectivity index (χ1n) is 7.76. The smallest absolute Gasteiger partial charge is 0.122 e. The lowest BCUT2D eigenvalue weighted by molar-refractivity contribution is 0.265. The van der Waals surface area contributed by atoms with Crippen molar-refractivity contribution in [2.45, 2.75) is 45.4 Å². The molecule has 0 spiro atoms. The van der Waals surface area contributed by atoms with Gasteiger partial charge in [-0.2, -0.15) is 0 Å². The highest BCUT2D eigenvalue weighted by Crippen LogP contribution is 2.21. The highest BCUT2D eigenvalue weighted by molar-refractivity contribution is 5.17. The molecule has 0 atom stereocenters. The third-order valence-electron chi connectivity index (χ3n) is 3.92. The molecule has 1 fully saturated rings. The molecule has 2 heterocycles. The van der Waals surface area contributed by atoms with Gasteiger partial charge in [0.15, 0.2) is 0 Å². The van der Waals surface area contributed by atoms with Crippen molar-refractivity contribution in [2.75, 3.05) is 6.54 Å². The normalized spacial score (nSPS) is 14.8. The van der Waals surface area contributed by atoms with Gasteiger partial charge in [0.05, 0.1) is 18.5 Å². The lowest BCUT2D eigenvalue weighted by atomic mass is 10.2. The molecule has 4 nitrogen and oxygen atoms in total. The first-order valence-corrected chi connectivity index (χ1v) is 7.76. The van der Waals surface area contributed by atoms with E-state index in [0.29, 0.717) is 6.04 Å². The van der Waals surface area contributed by atoms with E-state index >= 15 is 0 Å². The van der Waals surface area contributed by atoms with Gasteiger partial charge in [0, 0.05) is 30.9 Å². The van der Waals surface area contributed by atoms with Gasteiger partial charge in [-0.1, -0.05) is 13.0 Å². The van der Waals surface area contributed by atoms with Gasteiger partial charge in [-0.25, -0.2) is 0 Å². The molecule has 4 heteroatoms. The average Bonchev–Trinajstić information content (AvgIpc) is 3.25. The van der Waals surface area contributed by atoms with Gasteiger partial charge in [0.2, 0.25) is 0 Å². The summed E-state index contributed by atoms with van der Waals surface area (Å²) in [6.07, 6.45) is 6.26. The fraction of sp³-hybridized carbons (Fsp3) is 0.471. The van der Waals surface area contributed by atoms with Crippen LogP contribution in [0, 0.1) is 0 Å². The number of nitrogens with one attached hydrogen (secondary N) is 1. The number of rotatable bonds is 8. The number of aromatic nitrogens is 1. The van der Waals surface area contributed by atoms with Gasteiger partial charge in [-0.15, -0.1) is 0 Å². The molecular weight excluding hydrogens is 262 g/mol. The summed E-state index contributed by atoms with van der Waals surface area (Å²) in [5, 5.41) is 3.52. The molecule has 21 heavy (non-hydrogen) atoms. The zero-order valence-electron chi connectivity index (χ0n) is 12.6. The van der Waals surface area contributed by atoms with Crippen molar-refractivity contribution in [1.29, 1.82) is 0 Å². The highest BCUT2D eigenvalue weighted by atomic mass is 16.3. The molecule has 0 saturated heterocycles. The van der Waals surface area contributed by atoms with Gasteiger partial charge < -0.3 is 9.73 Å². The van der Waals surface area contributed by atoms with Crippen molar-refractivity contribution in [3.8, 4) is 0 Å². The standard InChI is InChI=1S/C17H23N3O/c1-2-20(13-16-5-3-4-9-18-16)12-14-8-10-21-17(14)11-19-15-6-7-15/h3-5,8-10,15,19H,2,6-7,11-13H2,1H3. The Bertz CT molecular complexity index is 548. The van der Waals surface area contributed by atoms with Crippen molar-refractivity contribution in [3.63, 3.8) is 0 Å². The Balaban J connectivity index is 1.59. The van der Waals surface area contributed by atoms with Crippen LogP contribution >= 0.6 is 0 Å². The van der Waals surface area contributed by atoms with E-state index in [1.807, 2.05) is 18.3 Å². The van der Waals surface area contributed by atoms with Crippen molar-refractivity contribution in [3.05, 3.63) is 53.7 Å². The van der Waals surface area contributed by atoms with Crippen LogP contribution in [-0.4, -0.2) is 22.5 Å². The molecule has 1 aliphatic rings. The maximum absolute atomic E-state index is 5.63. The van der Waals surface area contributed by atoms with E-state index in [1.165, 1.54) is 18.4 Å². The van der Waals surface area contributed by atoms with Gasteiger partial charge in [0.25, 0.3) is 0 Å². The maximum atomic E-state index is 5.63. The Morgan fingerprint density at radius 2 is 2.19 bits per heavy atom. The van der Waals surface area contributed by atoms with Crippen molar-refractivity contribution in [2.24, 2.45) is 0 Å². The van der Waals surface area contributed by atoms with Crippen LogP contribution in [0.5, 0.6) is 0 Å². The SMILES string of the molecule is CCN(Cc1ccccn1)Cc1ccoc1CNC1CC1. The number of hydrogen-bond acceptors (Lipinski definition) is 4. The summed E-state index contributed by atoms with van der Waals surface area (Å²) in [5.41, 5.74) is 2.39. The Morgan fingerprint density at radius 3 is 2.90 bits per heavy atom. The highest BCUT2D eigenvalue weighted by Gasteiger charge is 2.21. The number of furan rings is 1. The number of hydrogen-bond donors (Lipinski definition) is 1. The Morgan fingerprint density at radius 1 is 1.29 bits per heavy atom. The molecule has 3 rings (SSSR count). The first kappa shape index (κ1) is 14.3. The molecule has 112 valence electrons. The molecular formula is C17H23N3O. The van der Waals surface area contributed by atoms with E-state index < -0.39 is 0 Å². The number of pyridine rings is 1. The molecule has 1 saturated carbocycles. The average molecular weight is 285 g/mol. The van der Waals surface area contributed by atoms with E-state index in [9.17, 15) is 0 Å². The summed E-state index contributed by atoms with van der Waals surface area (Å²) in [5.74, 6) is 1.07. The van der Waals surface area contributed by atoms with Crippen molar-refractivity contribution in [1.82, 2.24) is 15.2 Å². The van der Waals surface area contributed by atoms with Crippen LogP contribution in [0.15, 0.2) is 41.1 Å². The van der Waals surface area contributed by atoms with Crippen LogP contribution in [0.2, 0.25) is 0 Å². The molecule has 0 bridgehead atoms. The van der Waals surface area contributed by atoms with Gasteiger partial charge in [-0.05, 0) is 37.6 Å². The summed E-state index contributed by atoms with van der Waals surface area (Å²) in [6.45, 7) is 5.81. The molecule has 0 aliphatic heterocycles. The summed E-state index contributed by atoms with van der Waals surface area (Å²) in [6, 6.07) is 8.87. The quantitative estimate of drug-likeness (QED) is 0.809. The van der Waals surface area contributed by atoms with Gasteiger partial charge in [-0.3, -0.25) is 9.88 Å². The molecule has 0 unspecified atom stereocenters. The fourth-order valence-corrected chi connectivity index (χ4v) is 2.43. The molecule has 0 radical (unpaired) electrons. The maximum Gasteiger partial charge on any atom is 0.122 e. The number of nitrogens with zero attached hydrogens (tertiary/aromatic N) is 2. The third kappa shape index (κ3) is 4.16. The van der Waals surface area contributed by atoms with E-state index in [0.717, 1.165) is 37.6 Å². The van der Waals surface area contributed by atoms with Crippen LogP contribution in [0.1, 0.15) is 36.8 Å². The predicted octanol–water partition coefficient (Wildman–Crippen LogP) is 2.95. The summed E-state index contributed by atoms with van der Waals surface area (Å²) < 4.78 is 5.63. The van der Waals surface area contributed by atoms with E-state index in [4.69, 9.17) is 4.42 Å². The second-order valence-electron chi connectivity index (χ2n) is 5.65. The zero-order valence-corrected chi connectivity index (χ0v) is 12.6. The lowest BCUT2D eigenvalue weighted by Gasteiger charge is -2.19. The van der Waals surface area contributed by atoms with Crippen LogP contribution < -0.4 is 5.32 Å². The predicted molar refractivity (Wildman–Crippen MR) is 82.6 cm³/mol. The second-order valence-corrected chi connectivity index (χ2v) is 5.65. The topological polar surface area (TPSA) is 41.3 Å². The van der Waals surface area contributed by atoms with Gasteiger partial charge >= 0.3 is 0 Å². The van der Waals surface area contributed by atoms with E-state index in [1.54, 1.807) is 6.26 Å².